The average Bonchev–Trinajstić information content (AvgIpc) is 2.78. The zero-order valence-corrected chi connectivity index (χ0v) is 10.3. The molecule has 0 atom stereocenters. The Kier molecular flexibility index (Phi) is 3.55. The van der Waals surface area contributed by atoms with Crippen LogP contribution in [0, 0.1) is 0 Å². The van der Waals surface area contributed by atoms with Crippen molar-refractivity contribution in [3.8, 4) is 0 Å². The molecule has 0 bridgehead atoms. The highest BCUT2D eigenvalue weighted by Gasteiger charge is 2.07. The fourth-order valence-electron chi connectivity index (χ4n) is 1.28. The summed E-state index contributed by atoms with van der Waals surface area (Å²) in [5, 5.41) is 9.21. The molecule has 2 rings (SSSR count). The first-order valence-electron chi connectivity index (χ1n) is 4.76. The van der Waals surface area contributed by atoms with Crippen molar-refractivity contribution in [2.45, 2.75) is 6.54 Å². The third-order valence-electron chi connectivity index (χ3n) is 2.11. The summed E-state index contributed by atoms with van der Waals surface area (Å²) in [6.45, 7) is 0.558. The number of hydrogen-bond donors (Lipinski definition) is 2. The number of nitrogens with zero attached hydrogens (tertiary/aromatic N) is 2. The average molecular weight is 269 g/mol. The summed E-state index contributed by atoms with van der Waals surface area (Å²) in [5.74, 6) is -0.537. The van der Waals surface area contributed by atoms with E-state index in [1.54, 1.807) is 18.2 Å². The van der Waals surface area contributed by atoms with E-state index in [1.165, 1.54) is 11.5 Å². The first-order chi connectivity index (χ1) is 8.16. The molecule has 0 aliphatic heterocycles. The van der Waals surface area contributed by atoms with Gasteiger partial charge in [-0.2, -0.15) is 0 Å². The number of nitrogens with one attached hydrogen (secondary N) is 1. The lowest BCUT2D eigenvalue weighted by Crippen LogP contribution is -2.11. The standard InChI is InChI=1S/C10H9ClN4OS/c11-9-3-6(1-2-8(9)10(12)16)13-4-7-5-17-15-14-7/h1-3,5,13H,4H2,(H2,12,16). The molecule has 1 heterocycles. The van der Waals surface area contributed by atoms with Gasteiger partial charge in [-0.1, -0.05) is 16.1 Å². The normalized spacial score (nSPS) is 10.2. The van der Waals surface area contributed by atoms with Crippen molar-refractivity contribution in [2.24, 2.45) is 5.73 Å². The maximum Gasteiger partial charge on any atom is 0.250 e. The van der Waals surface area contributed by atoms with Crippen molar-refractivity contribution in [2.75, 3.05) is 5.32 Å². The zero-order valence-electron chi connectivity index (χ0n) is 8.68. The van der Waals surface area contributed by atoms with Crippen molar-refractivity contribution in [3.05, 3.63) is 39.9 Å². The Morgan fingerprint density at radius 1 is 1.53 bits per heavy atom. The number of anilines is 1. The minimum Gasteiger partial charge on any atom is -0.379 e. The van der Waals surface area contributed by atoms with Crippen LogP contribution in [0.4, 0.5) is 5.69 Å². The number of hydrogen-bond acceptors (Lipinski definition) is 5. The molecular formula is C10H9ClN4OS. The lowest BCUT2D eigenvalue weighted by atomic mass is 10.2. The van der Waals surface area contributed by atoms with Crippen LogP contribution in [-0.4, -0.2) is 15.5 Å². The predicted octanol–water partition coefficient (Wildman–Crippen LogP) is 1.90. The molecule has 0 aliphatic rings. The Bertz CT molecular complexity index is 529. The van der Waals surface area contributed by atoms with E-state index in [9.17, 15) is 4.79 Å². The summed E-state index contributed by atoms with van der Waals surface area (Å²) in [6.07, 6.45) is 0. The first-order valence-corrected chi connectivity index (χ1v) is 5.97. The van der Waals surface area contributed by atoms with E-state index in [1.807, 2.05) is 5.38 Å². The van der Waals surface area contributed by atoms with Gasteiger partial charge in [-0.15, -0.1) is 5.10 Å². The van der Waals surface area contributed by atoms with E-state index in [4.69, 9.17) is 17.3 Å². The van der Waals surface area contributed by atoms with Gasteiger partial charge in [0.05, 0.1) is 22.8 Å². The third kappa shape index (κ3) is 2.92. The summed E-state index contributed by atoms with van der Waals surface area (Å²) in [7, 11) is 0. The van der Waals surface area contributed by atoms with Gasteiger partial charge in [0.25, 0.3) is 0 Å². The summed E-state index contributed by atoms with van der Waals surface area (Å²) in [6, 6.07) is 4.99. The van der Waals surface area contributed by atoms with E-state index in [0.717, 1.165) is 11.4 Å². The fourth-order valence-corrected chi connectivity index (χ4v) is 2.00. The van der Waals surface area contributed by atoms with Gasteiger partial charge in [-0.05, 0) is 29.7 Å². The Hall–Kier alpha value is -1.66. The maximum absolute atomic E-state index is 11.0. The lowest BCUT2D eigenvalue weighted by molar-refractivity contribution is 0.100. The van der Waals surface area contributed by atoms with Crippen LogP contribution in [0.15, 0.2) is 23.6 Å². The second-order valence-electron chi connectivity index (χ2n) is 3.31. The van der Waals surface area contributed by atoms with Crippen LogP contribution in [0.3, 0.4) is 0 Å². The van der Waals surface area contributed by atoms with Crippen molar-refractivity contribution in [3.63, 3.8) is 0 Å². The van der Waals surface area contributed by atoms with E-state index < -0.39 is 5.91 Å². The number of carbonyl (C=O) groups is 1. The Morgan fingerprint density at radius 3 is 2.94 bits per heavy atom. The largest absolute Gasteiger partial charge is 0.379 e. The summed E-state index contributed by atoms with van der Waals surface area (Å²) >= 11 is 7.21. The molecule has 7 heteroatoms. The van der Waals surface area contributed by atoms with Crippen molar-refractivity contribution in [1.29, 1.82) is 0 Å². The van der Waals surface area contributed by atoms with Crippen molar-refractivity contribution < 1.29 is 4.79 Å². The third-order valence-corrected chi connectivity index (χ3v) is 2.98. The monoisotopic (exact) mass is 268 g/mol. The molecule has 0 saturated carbocycles. The fraction of sp³-hybridized carbons (Fsp3) is 0.100. The number of primary amides is 1. The molecule has 3 N–H and O–H groups in total. The minimum atomic E-state index is -0.537. The molecular weight excluding hydrogens is 260 g/mol. The Morgan fingerprint density at radius 2 is 2.35 bits per heavy atom. The van der Waals surface area contributed by atoms with Crippen LogP contribution in [0.1, 0.15) is 16.1 Å². The molecule has 1 amide bonds. The van der Waals surface area contributed by atoms with E-state index in [0.29, 0.717) is 17.1 Å². The summed E-state index contributed by atoms with van der Waals surface area (Å²) < 4.78 is 3.75. The van der Waals surface area contributed by atoms with Gasteiger partial charge < -0.3 is 11.1 Å². The molecule has 88 valence electrons. The Balaban J connectivity index is 2.07. The summed E-state index contributed by atoms with van der Waals surface area (Å²) in [4.78, 5) is 11.0. The quantitative estimate of drug-likeness (QED) is 0.887. The molecule has 0 saturated heterocycles. The number of aromatic nitrogens is 2. The number of amides is 1. The smallest absolute Gasteiger partial charge is 0.250 e. The Labute approximate surface area is 107 Å². The number of carbonyl (C=O) groups excluding carboxylic acids is 1. The SMILES string of the molecule is NC(=O)c1ccc(NCc2csnn2)cc1Cl. The van der Waals surface area contributed by atoms with Crippen LogP contribution < -0.4 is 11.1 Å². The predicted molar refractivity (Wildman–Crippen MR) is 67.2 cm³/mol. The second-order valence-corrected chi connectivity index (χ2v) is 4.33. The van der Waals surface area contributed by atoms with E-state index in [-0.39, 0.29) is 0 Å². The number of halogens is 1. The van der Waals surface area contributed by atoms with Gasteiger partial charge in [0, 0.05) is 11.1 Å². The van der Waals surface area contributed by atoms with Gasteiger partial charge in [-0.25, -0.2) is 0 Å². The van der Waals surface area contributed by atoms with Crippen LogP contribution >= 0.6 is 23.1 Å². The molecule has 0 fully saturated rings. The lowest BCUT2D eigenvalue weighted by Gasteiger charge is -2.06. The summed E-state index contributed by atoms with van der Waals surface area (Å²) in [5.41, 5.74) is 7.12. The topological polar surface area (TPSA) is 80.9 Å². The molecule has 1 aromatic heterocycles. The second kappa shape index (κ2) is 5.11. The van der Waals surface area contributed by atoms with Gasteiger partial charge >= 0.3 is 0 Å². The molecule has 0 spiro atoms. The highest BCUT2D eigenvalue weighted by atomic mass is 35.5. The van der Waals surface area contributed by atoms with E-state index in [2.05, 4.69) is 14.9 Å². The molecule has 0 radical (unpaired) electrons. The molecule has 1 aromatic carbocycles. The van der Waals surface area contributed by atoms with Gasteiger partial charge in [0.2, 0.25) is 5.91 Å². The maximum atomic E-state index is 11.0. The van der Waals surface area contributed by atoms with E-state index >= 15 is 0 Å². The highest BCUT2D eigenvalue weighted by molar-refractivity contribution is 7.03. The van der Waals surface area contributed by atoms with Gasteiger partial charge in [-0.3, -0.25) is 4.79 Å². The first kappa shape index (κ1) is 11.8. The van der Waals surface area contributed by atoms with Crippen molar-refractivity contribution >= 4 is 34.7 Å². The van der Waals surface area contributed by atoms with Crippen LogP contribution in [-0.2, 0) is 6.54 Å². The molecule has 2 aromatic rings. The molecule has 0 aliphatic carbocycles. The van der Waals surface area contributed by atoms with Crippen LogP contribution in [0.25, 0.3) is 0 Å². The molecule has 5 nitrogen and oxygen atoms in total. The van der Waals surface area contributed by atoms with Gasteiger partial charge in [0.15, 0.2) is 0 Å². The van der Waals surface area contributed by atoms with Gasteiger partial charge in [0.1, 0.15) is 0 Å². The highest BCUT2D eigenvalue weighted by Crippen LogP contribution is 2.20. The van der Waals surface area contributed by atoms with Crippen LogP contribution in [0.5, 0.6) is 0 Å². The minimum absolute atomic E-state index is 0.313. The number of nitrogens with two attached hydrogens (primary N) is 1. The molecule has 17 heavy (non-hydrogen) atoms. The van der Waals surface area contributed by atoms with Crippen LogP contribution in [0.2, 0.25) is 5.02 Å². The van der Waals surface area contributed by atoms with Crippen molar-refractivity contribution in [1.82, 2.24) is 9.59 Å². The molecule has 0 unspecified atom stereocenters. The zero-order chi connectivity index (χ0) is 12.3. The number of rotatable bonds is 4. The number of benzene rings is 1.